The van der Waals surface area contributed by atoms with Crippen LogP contribution >= 0.6 is 12.4 Å². The van der Waals surface area contributed by atoms with E-state index in [9.17, 15) is 4.79 Å². The van der Waals surface area contributed by atoms with Crippen molar-refractivity contribution in [2.75, 3.05) is 32.8 Å². The van der Waals surface area contributed by atoms with Crippen molar-refractivity contribution in [3.63, 3.8) is 0 Å². The summed E-state index contributed by atoms with van der Waals surface area (Å²) < 4.78 is 12.1. The predicted octanol–water partition coefficient (Wildman–Crippen LogP) is 4.48. The number of carboxylic acid groups (broad SMARTS) is 1. The van der Waals surface area contributed by atoms with Crippen molar-refractivity contribution in [2.24, 2.45) is 5.92 Å². The van der Waals surface area contributed by atoms with Crippen molar-refractivity contribution in [2.45, 2.75) is 56.8 Å². The summed E-state index contributed by atoms with van der Waals surface area (Å²) in [5.74, 6) is 2.59. The van der Waals surface area contributed by atoms with Crippen LogP contribution in [0.2, 0.25) is 0 Å². The molecular weight excluding hydrogens is 697 g/mol. The van der Waals surface area contributed by atoms with Gasteiger partial charge in [0.2, 0.25) is 0 Å². The van der Waals surface area contributed by atoms with Crippen LogP contribution in [-0.4, -0.2) is 63.8 Å². The minimum absolute atomic E-state index is 0. The maximum Gasteiger partial charge on any atom is 0.340 e. The Balaban J connectivity index is 0.000000196. The van der Waals surface area contributed by atoms with E-state index in [0.29, 0.717) is 18.3 Å². The average Bonchev–Trinajstić information content (AvgIpc) is 3.78. The van der Waals surface area contributed by atoms with E-state index in [1.54, 1.807) is 0 Å². The Kier molecular flexibility index (Phi) is 13.7. The minimum atomic E-state index is -0.717. The molecule has 9 nitrogen and oxygen atoms in total. The number of aromatic nitrogens is 4. The first-order chi connectivity index (χ1) is 24.6. The number of tetrazole rings is 1. The Morgan fingerprint density at radius 1 is 0.885 bits per heavy atom. The van der Waals surface area contributed by atoms with Crippen molar-refractivity contribution in [3.8, 4) is 34.3 Å². The highest BCUT2D eigenvalue weighted by atomic mass is 35.5. The van der Waals surface area contributed by atoms with Crippen molar-refractivity contribution < 1.29 is 36.6 Å². The summed E-state index contributed by atoms with van der Waals surface area (Å²) in [6.45, 7) is 4.09. The van der Waals surface area contributed by atoms with Crippen molar-refractivity contribution in [1.29, 1.82) is 0 Å². The monoisotopic (exact) mass is 743 g/mol. The van der Waals surface area contributed by atoms with Crippen LogP contribution in [0.1, 0.15) is 56.9 Å². The van der Waals surface area contributed by atoms with Gasteiger partial charge in [-0.15, -0.1) is 12.4 Å². The van der Waals surface area contributed by atoms with Crippen molar-refractivity contribution in [1.82, 2.24) is 19.9 Å². The van der Waals surface area contributed by atoms with Crippen LogP contribution in [0.4, 0.5) is 0 Å². The third kappa shape index (κ3) is 9.31. The zero-order valence-electron chi connectivity index (χ0n) is 29.4. The number of ether oxygens (including phenoxy) is 2. The Hall–Kier alpha value is -4.44. The number of hydrogen-bond acceptors (Lipinski definition) is 6. The molecule has 3 heterocycles. The van der Waals surface area contributed by atoms with Gasteiger partial charge >= 0.3 is 11.8 Å². The first-order valence-electron chi connectivity index (χ1n) is 18.0. The summed E-state index contributed by atoms with van der Waals surface area (Å²) in [4.78, 5) is 16.7. The van der Waals surface area contributed by atoms with E-state index in [2.05, 4.69) is 23.1 Å². The largest absolute Gasteiger partial charge is 1.00 e. The number of fused-ring (bicyclic) bond motifs is 2. The molecular formula is C41H47Cl2N5O4. The van der Waals surface area contributed by atoms with Gasteiger partial charge in [0.25, 0.3) is 0 Å². The molecule has 2 fully saturated rings. The molecule has 1 N–H and O–H groups in total. The first kappa shape index (κ1) is 38.8. The van der Waals surface area contributed by atoms with E-state index in [0.717, 1.165) is 67.6 Å². The number of carboxylic acids is 1. The van der Waals surface area contributed by atoms with Gasteiger partial charge in [-0.25, -0.2) is 0 Å². The van der Waals surface area contributed by atoms with Gasteiger partial charge in [0.15, 0.2) is 5.69 Å². The molecule has 4 aromatic carbocycles. The van der Waals surface area contributed by atoms with Crippen LogP contribution in [0.15, 0.2) is 109 Å². The quantitative estimate of drug-likeness (QED) is 0.223. The van der Waals surface area contributed by atoms with Gasteiger partial charge < -0.3 is 31.9 Å². The number of hydrogen-bond donors (Lipinski definition) is 1. The first-order valence-corrected chi connectivity index (χ1v) is 18.0. The van der Waals surface area contributed by atoms with E-state index >= 15 is 0 Å². The molecule has 1 saturated carbocycles. The third-order valence-corrected chi connectivity index (χ3v) is 10.3. The van der Waals surface area contributed by atoms with Gasteiger partial charge in [-0.1, -0.05) is 79.9 Å². The molecule has 274 valence electrons. The van der Waals surface area contributed by atoms with Crippen molar-refractivity contribution in [3.05, 3.63) is 115 Å². The lowest BCUT2D eigenvalue weighted by Crippen LogP contribution is -3.00. The fourth-order valence-corrected chi connectivity index (χ4v) is 7.33. The van der Waals surface area contributed by atoms with E-state index in [4.69, 9.17) is 24.8 Å². The molecule has 1 aliphatic carbocycles. The summed E-state index contributed by atoms with van der Waals surface area (Å²) in [6, 6.07) is 36.4. The number of piperidine rings is 1. The van der Waals surface area contributed by atoms with E-state index in [-0.39, 0.29) is 36.6 Å². The highest BCUT2D eigenvalue weighted by molar-refractivity contribution is 5.85. The number of aliphatic carboxylic acids is 1. The second kappa shape index (κ2) is 18.4. The molecule has 2 aliphatic heterocycles. The Morgan fingerprint density at radius 3 is 2.21 bits per heavy atom. The van der Waals surface area contributed by atoms with Gasteiger partial charge in [-0.2, -0.15) is 0 Å². The Bertz CT molecular complexity index is 1790. The smallest absolute Gasteiger partial charge is 0.340 e. The van der Waals surface area contributed by atoms with E-state index in [1.165, 1.54) is 37.7 Å². The minimum Gasteiger partial charge on any atom is -1.00 e. The van der Waals surface area contributed by atoms with Gasteiger partial charge in [-0.3, -0.25) is 4.79 Å². The van der Waals surface area contributed by atoms with Crippen LogP contribution in [0.25, 0.3) is 22.8 Å². The highest BCUT2D eigenvalue weighted by Crippen LogP contribution is 2.46. The lowest BCUT2D eigenvalue weighted by molar-refractivity contribution is -0.734. The molecule has 1 aromatic heterocycles. The summed E-state index contributed by atoms with van der Waals surface area (Å²) in [5.41, 5.74) is 4.33. The van der Waals surface area contributed by atoms with E-state index in [1.807, 2.05) is 101 Å². The second-order valence-corrected chi connectivity index (χ2v) is 13.7. The second-order valence-electron chi connectivity index (χ2n) is 13.7. The Labute approximate surface area is 318 Å². The highest BCUT2D eigenvalue weighted by Gasteiger charge is 2.43. The molecule has 0 atom stereocenters. The lowest BCUT2D eigenvalue weighted by atomic mass is 9.74. The number of halogens is 2. The molecule has 3 aliphatic rings. The lowest BCUT2D eigenvalue weighted by Gasteiger charge is -2.38. The third-order valence-electron chi connectivity index (χ3n) is 10.3. The molecule has 1 saturated heterocycles. The zero-order valence-corrected chi connectivity index (χ0v) is 30.9. The number of benzene rings is 4. The topological polar surface area (TPSA) is 93.6 Å². The molecule has 0 bridgehead atoms. The molecule has 0 amide bonds. The molecule has 0 unspecified atom stereocenters. The molecule has 11 heteroatoms. The molecule has 5 aromatic rings. The van der Waals surface area contributed by atoms with E-state index < -0.39 is 5.97 Å². The maximum absolute atomic E-state index is 10.8. The number of likely N-dealkylation sites (tertiary alicyclic amines) is 1. The zero-order chi connectivity index (χ0) is 34.2. The van der Waals surface area contributed by atoms with Crippen molar-refractivity contribution >= 4 is 18.4 Å². The molecule has 1 spiro atoms. The van der Waals surface area contributed by atoms with Crippen LogP contribution in [-0.2, 0) is 10.2 Å². The van der Waals surface area contributed by atoms with Gasteiger partial charge in [0.05, 0.1) is 30.3 Å². The fraction of sp³-hybridized carbons (Fsp3) is 0.366. The standard InChI is InChI=1S/C22H31NO4.C19H15N4.2ClH/c24-21(25)8-11-23-12-9-22(10-13-23)16-27-20-14-18(6-7-19(20)22)26-15-17-4-2-1-3-5-17;1-4-10-16(11-5-1)19-20-22(17-12-6-2-7-13-17)23(21-19)18-14-8-3-9-15-18;;/h6-7,14,17H,1-5,8-13,15-16H2,(H,24,25);1-15H;2*1H/q;+1;;/p-1. The molecule has 52 heavy (non-hydrogen) atoms. The van der Waals surface area contributed by atoms with Crippen LogP contribution in [0, 0.1) is 5.92 Å². The summed E-state index contributed by atoms with van der Waals surface area (Å²) in [6.07, 6.45) is 8.93. The van der Waals surface area contributed by atoms with Crippen LogP contribution in [0.3, 0.4) is 0 Å². The SMILES string of the molecule is Cl.O=C(O)CCN1CCC2(CC1)COc1cc(OCC3CCCCC3)ccc12.[Cl-].c1ccc(-c2nn(-c3ccccc3)[n+](-c3ccccc3)n2)cc1. The fourth-order valence-electron chi connectivity index (χ4n) is 7.33. The number of rotatable bonds is 9. The van der Waals surface area contributed by atoms with Gasteiger partial charge in [-0.05, 0) is 97.1 Å². The van der Waals surface area contributed by atoms with Gasteiger partial charge in [0.1, 0.15) is 17.2 Å². The summed E-state index contributed by atoms with van der Waals surface area (Å²) in [5, 5.41) is 18.3. The Morgan fingerprint density at radius 2 is 1.54 bits per heavy atom. The number of carbonyl (C=O) groups is 1. The maximum atomic E-state index is 10.8. The molecule has 0 radical (unpaired) electrons. The normalized spacial score (nSPS) is 16.3. The van der Waals surface area contributed by atoms with Crippen LogP contribution in [0.5, 0.6) is 11.5 Å². The number of para-hydroxylation sites is 2. The average molecular weight is 745 g/mol. The summed E-state index contributed by atoms with van der Waals surface area (Å²) in [7, 11) is 0. The summed E-state index contributed by atoms with van der Waals surface area (Å²) >= 11 is 0. The molecule has 8 rings (SSSR count). The number of nitrogens with zero attached hydrogens (tertiary/aromatic N) is 5. The van der Waals surface area contributed by atoms with Gasteiger partial charge in [0, 0.05) is 28.4 Å². The van der Waals surface area contributed by atoms with Crippen LogP contribution < -0.4 is 26.7 Å². The predicted molar refractivity (Wildman–Crippen MR) is 199 cm³/mol.